The van der Waals surface area contributed by atoms with Gasteiger partial charge in [-0.25, -0.2) is 0 Å². The van der Waals surface area contributed by atoms with Gasteiger partial charge in [0.1, 0.15) is 0 Å². The quantitative estimate of drug-likeness (QED) is 0.844. The van der Waals surface area contributed by atoms with Crippen molar-refractivity contribution in [2.45, 2.75) is 32.4 Å². The van der Waals surface area contributed by atoms with Gasteiger partial charge in [-0.3, -0.25) is 0 Å². The van der Waals surface area contributed by atoms with E-state index in [0.29, 0.717) is 18.0 Å². The van der Waals surface area contributed by atoms with E-state index in [1.807, 2.05) is 6.07 Å². The average Bonchev–Trinajstić information content (AvgIpc) is 2.34. The highest BCUT2D eigenvalue weighted by atomic mass is 16.5. The van der Waals surface area contributed by atoms with Gasteiger partial charge in [0.05, 0.1) is 20.3 Å². The molecule has 1 aromatic rings. The van der Waals surface area contributed by atoms with E-state index >= 15 is 0 Å². The van der Waals surface area contributed by atoms with Gasteiger partial charge in [0.2, 0.25) is 0 Å². The number of hydrogen-bond acceptors (Lipinski definition) is 4. The number of aliphatic hydroxyl groups excluding tert-OH is 1. The molecule has 0 aliphatic carbocycles. The third kappa shape index (κ3) is 4.20. The van der Waals surface area contributed by atoms with E-state index in [4.69, 9.17) is 9.47 Å². The molecular formula is C14H23NO3. The normalized spacial score (nSPS) is 13.2. The number of benzene rings is 1. The third-order valence-corrected chi connectivity index (χ3v) is 2.62. The molecule has 0 saturated heterocycles. The van der Waals surface area contributed by atoms with Gasteiger partial charge in [0.25, 0.3) is 0 Å². The molecule has 102 valence electrons. The first-order chi connectivity index (χ1) is 8.37. The van der Waals surface area contributed by atoms with Crippen LogP contribution in [0.3, 0.4) is 0 Å². The number of ether oxygens (including phenoxy) is 2. The van der Waals surface area contributed by atoms with Crippen molar-refractivity contribution in [3.63, 3.8) is 0 Å². The van der Waals surface area contributed by atoms with Crippen LogP contribution in [0.2, 0.25) is 0 Å². The summed E-state index contributed by atoms with van der Waals surface area (Å²) in [4.78, 5) is 0. The molecule has 0 spiro atoms. The molecule has 0 heterocycles. The first kappa shape index (κ1) is 14.8. The highest BCUT2D eigenvalue weighted by Crippen LogP contribution is 2.29. The topological polar surface area (TPSA) is 50.7 Å². The van der Waals surface area contributed by atoms with Crippen LogP contribution in [-0.2, 0) is 0 Å². The SMILES string of the molecule is COc1ccc(C(O)CNC(C)(C)C)cc1OC. The van der Waals surface area contributed by atoms with E-state index in [0.717, 1.165) is 5.56 Å². The Morgan fingerprint density at radius 3 is 2.28 bits per heavy atom. The van der Waals surface area contributed by atoms with Gasteiger partial charge in [-0.2, -0.15) is 0 Å². The highest BCUT2D eigenvalue weighted by Gasteiger charge is 2.15. The fourth-order valence-corrected chi connectivity index (χ4v) is 1.58. The predicted octanol–water partition coefficient (Wildman–Crippen LogP) is 2.13. The van der Waals surface area contributed by atoms with Crippen molar-refractivity contribution in [3.8, 4) is 11.5 Å². The van der Waals surface area contributed by atoms with Crippen LogP contribution in [0.1, 0.15) is 32.4 Å². The highest BCUT2D eigenvalue weighted by molar-refractivity contribution is 5.43. The van der Waals surface area contributed by atoms with Crippen LogP contribution >= 0.6 is 0 Å². The number of hydrogen-bond donors (Lipinski definition) is 2. The van der Waals surface area contributed by atoms with Crippen molar-refractivity contribution in [3.05, 3.63) is 23.8 Å². The fourth-order valence-electron chi connectivity index (χ4n) is 1.58. The Morgan fingerprint density at radius 2 is 1.78 bits per heavy atom. The number of nitrogens with one attached hydrogen (secondary N) is 1. The summed E-state index contributed by atoms with van der Waals surface area (Å²) >= 11 is 0. The zero-order valence-electron chi connectivity index (χ0n) is 11.8. The molecule has 1 unspecified atom stereocenters. The van der Waals surface area contributed by atoms with Gasteiger partial charge in [-0.05, 0) is 38.5 Å². The second kappa shape index (κ2) is 6.07. The summed E-state index contributed by atoms with van der Waals surface area (Å²) in [6.45, 7) is 6.69. The minimum atomic E-state index is -0.566. The zero-order valence-corrected chi connectivity index (χ0v) is 11.8. The Bertz CT molecular complexity index is 385. The Labute approximate surface area is 109 Å². The largest absolute Gasteiger partial charge is 0.493 e. The maximum Gasteiger partial charge on any atom is 0.161 e. The van der Waals surface area contributed by atoms with Gasteiger partial charge in [-0.15, -0.1) is 0 Å². The molecule has 0 radical (unpaired) electrons. The smallest absolute Gasteiger partial charge is 0.161 e. The third-order valence-electron chi connectivity index (χ3n) is 2.62. The minimum Gasteiger partial charge on any atom is -0.493 e. The lowest BCUT2D eigenvalue weighted by Gasteiger charge is -2.23. The van der Waals surface area contributed by atoms with E-state index in [1.165, 1.54) is 0 Å². The molecule has 18 heavy (non-hydrogen) atoms. The standard InChI is InChI=1S/C14H23NO3/c1-14(2,3)15-9-11(16)10-6-7-12(17-4)13(8-10)18-5/h6-8,11,15-16H,9H2,1-5H3. The second-order valence-electron chi connectivity index (χ2n) is 5.26. The molecule has 0 aliphatic rings. The van der Waals surface area contributed by atoms with Crippen molar-refractivity contribution >= 4 is 0 Å². The van der Waals surface area contributed by atoms with E-state index in [2.05, 4.69) is 26.1 Å². The summed E-state index contributed by atoms with van der Waals surface area (Å²) in [6, 6.07) is 5.44. The number of methoxy groups -OCH3 is 2. The van der Waals surface area contributed by atoms with E-state index < -0.39 is 6.10 Å². The summed E-state index contributed by atoms with van der Waals surface area (Å²) in [5.74, 6) is 1.29. The first-order valence-electron chi connectivity index (χ1n) is 6.02. The summed E-state index contributed by atoms with van der Waals surface area (Å²) in [5.41, 5.74) is 0.793. The van der Waals surface area contributed by atoms with Crippen molar-refractivity contribution in [1.29, 1.82) is 0 Å². The maximum absolute atomic E-state index is 10.1. The Kier molecular flexibility index (Phi) is 4.99. The van der Waals surface area contributed by atoms with Crippen LogP contribution in [0.25, 0.3) is 0 Å². The molecule has 0 amide bonds. The van der Waals surface area contributed by atoms with Gasteiger partial charge in [-0.1, -0.05) is 6.07 Å². The van der Waals surface area contributed by atoms with Crippen molar-refractivity contribution < 1.29 is 14.6 Å². The van der Waals surface area contributed by atoms with Gasteiger partial charge in [0, 0.05) is 12.1 Å². The van der Waals surface area contributed by atoms with E-state index in [1.54, 1.807) is 26.4 Å². The molecule has 1 atom stereocenters. The Balaban J connectivity index is 2.77. The molecular weight excluding hydrogens is 230 g/mol. The lowest BCUT2D eigenvalue weighted by molar-refractivity contribution is 0.163. The van der Waals surface area contributed by atoms with Crippen LogP contribution in [0.4, 0.5) is 0 Å². The van der Waals surface area contributed by atoms with Crippen LogP contribution < -0.4 is 14.8 Å². The maximum atomic E-state index is 10.1. The second-order valence-corrected chi connectivity index (χ2v) is 5.26. The molecule has 0 bridgehead atoms. The monoisotopic (exact) mass is 253 g/mol. The Morgan fingerprint density at radius 1 is 1.17 bits per heavy atom. The fraction of sp³-hybridized carbons (Fsp3) is 0.571. The molecule has 0 fully saturated rings. The van der Waals surface area contributed by atoms with Crippen LogP contribution in [-0.4, -0.2) is 31.4 Å². The van der Waals surface area contributed by atoms with Crippen LogP contribution in [0.5, 0.6) is 11.5 Å². The van der Waals surface area contributed by atoms with E-state index in [9.17, 15) is 5.11 Å². The number of rotatable bonds is 5. The summed E-state index contributed by atoms with van der Waals surface area (Å²) in [7, 11) is 3.18. The average molecular weight is 253 g/mol. The van der Waals surface area contributed by atoms with Gasteiger partial charge in [0.15, 0.2) is 11.5 Å². The summed E-state index contributed by atoms with van der Waals surface area (Å²) < 4.78 is 10.4. The summed E-state index contributed by atoms with van der Waals surface area (Å²) in [6.07, 6.45) is -0.566. The van der Waals surface area contributed by atoms with Crippen molar-refractivity contribution in [2.24, 2.45) is 0 Å². The van der Waals surface area contributed by atoms with Gasteiger partial charge < -0.3 is 19.9 Å². The van der Waals surface area contributed by atoms with Crippen molar-refractivity contribution in [2.75, 3.05) is 20.8 Å². The zero-order chi connectivity index (χ0) is 13.8. The van der Waals surface area contributed by atoms with Crippen LogP contribution in [0.15, 0.2) is 18.2 Å². The van der Waals surface area contributed by atoms with Crippen molar-refractivity contribution in [1.82, 2.24) is 5.32 Å². The molecule has 4 nitrogen and oxygen atoms in total. The molecule has 2 N–H and O–H groups in total. The molecule has 0 saturated carbocycles. The lowest BCUT2D eigenvalue weighted by atomic mass is 10.1. The first-order valence-corrected chi connectivity index (χ1v) is 6.02. The minimum absolute atomic E-state index is 0.0163. The summed E-state index contributed by atoms with van der Waals surface area (Å²) in [5, 5.41) is 13.4. The number of β-amino-alcohol motifs (C(OH)–C–C–N with tert-alkyl or cyclic N) is 1. The predicted molar refractivity (Wildman–Crippen MR) is 72.3 cm³/mol. The lowest BCUT2D eigenvalue weighted by Crippen LogP contribution is -2.38. The van der Waals surface area contributed by atoms with E-state index in [-0.39, 0.29) is 5.54 Å². The molecule has 0 aromatic heterocycles. The Hall–Kier alpha value is -1.26. The molecule has 1 aromatic carbocycles. The van der Waals surface area contributed by atoms with Crippen LogP contribution in [0, 0.1) is 0 Å². The van der Waals surface area contributed by atoms with Gasteiger partial charge >= 0.3 is 0 Å². The molecule has 0 aliphatic heterocycles. The molecule has 1 rings (SSSR count). The number of aliphatic hydroxyl groups is 1. The molecule has 4 heteroatoms.